The van der Waals surface area contributed by atoms with E-state index in [4.69, 9.17) is 9.79 Å². The summed E-state index contributed by atoms with van der Waals surface area (Å²) in [6.45, 7) is 3.03. The number of rotatable bonds is 6. The molecule has 1 aliphatic rings. The average molecular weight is 267 g/mol. The highest BCUT2D eigenvalue weighted by Crippen LogP contribution is 2.36. The molecule has 7 nitrogen and oxygen atoms in total. The van der Waals surface area contributed by atoms with Gasteiger partial charge in [0.05, 0.1) is 13.2 Å². The van der Waals surface area contributed by atoms with Crippen LogP contribution in [0.3, 0.4) is 0 Å². The molecule has 0 saturated carbocycles. The molecule has 1 atom stereocenters. The summed E-state index contributed by atoms with van der Waals surface area (Å²) in [5, 5.41) is 10.4. The summed E-state index contributed by atoms with van der Waals surface area (Å²) in [7, 11) is -2.49. The Morgan fingerprint density at radius 3 is 2.71 bits per heavy atom. The number of nitrogens with zero attached hydrogens (tertiary/aromatic N) is 2. The van der Waals surface area contributed by atoms with Crippen molar-refractivity contribution in [3.05, 3.63) is 0 Å². The summed E-state index contributed by atoms with van der Waals surface area (Å²) in [5.41, 5.74) is 0. The molecule has 1 heterocycles. The van der Waals surface area contributed by atoms with E-state index in [1.54, 1.807) is 0 Å². The standard InChI is InChI=1S/C9H20N2O5P/c1-10-4-5-11(3-2-6-12)7-9(10)8-16-17(13,14)15/h9H,2-8H2,1H3,(H2,13,14,15). The Morgan fingerprint density at radius 1 is 1.41 bits per heavy atom. The predicted molar refractivity (Wildman–Crippen MR) is 61.0 cm³/mol. The first-order chi connectivity index (χ1) is 7.92. The van der Waals surface area contributed by atoms with Crippen LogP contribution in [0, 0.1) is 0 Å². The van der Waals surface area contributed by atoms with Gasteiger partial charge >= 0.3 is 7.82 Å². The van der Waals surface area contributed by atoms with Gasteiger partial charge in [0.25, 0.3) is 0 Å². The molecular formula is C9H20N2O5P. The Balaban J connectivity index is 2.38. The van der Waals surface area contributed by atoms with E-state index in [-0.39, 0.29) is 19.3 Å². The number of hydrogen-bond acceptors (Lipinski definition) is 4. The summed E-state index contributed by atoms with van der Waals surface area (Å²) < 4.78 is 15.2. The van der Waals surface area contributed by atoms with Crippen molar-refractivity contribution in [3.8, 4) is 0 Å². The lowest BCUT2D eigenvalue weighted by Crippen LogP contribution is -2.53. The van der Waals surface area contributed by atoms with Crippen LogP contribution >= 0.6 is 7.82 Å². The lowest BCUT2D eigenvalue weighted by molar-refractivity contribution is 0.0497. The van der Waals surface area contributed by atoms with Gasteiger partial charge in [0.1, 0.15) is 0 Å². The van der Waals surface area contributed by atoms with E-state index < -0.39 is 7.82 Å². The third-order valence-corrected chi connectivity index (χ3v) is 3.40. The van der Waals surface area contributed by atoms with Crippen LogP contribution in [0.15, 0.2) is 0 Å². The van der Waals surface area contributed by atoms with Gasteiger partial charge in [-0.3, -0.25) is 9.42 Å². The number of piperazine rings is 1. The maximum atomic E-state index is 10.6. The van der Waals surface area contributed by atoms with Crippen LogP contribution in [0.4, 0.5) is 0 Å². The zero-order valence-corrected chi connectivity index (χ0v) is 10.9. The third-order valence-electron chi connectivity index (χ3n) is 2.92. The molecule has 1 radical (unpaired) electrons. The Kier molecular flexibility index (Phi) is 6.02. The molecule has 1 fully saturated rings. The molecule has 1 saturated heterocycles. The summed E-state index contributed by atoms with van der Waals surface area (Å²) >= 11 is 0. The van der Waals surface area contributed by atoms with Crippen molar-refractivity contribution in [1.82, 2.24) is 9.80 Å². The van der Waals surface area contributed by atoms with Crippen LogP contribution < -0.4 is 0 Å². The molecule has 0 spiro atoms. The second-order valence-corrected chi connectivity index (χ2v) is 5.52. The van der Waals surface area contributed by atoms with Crippen molar-refractivity contribution >= 4 is 7.82 Å². The molecule has 1 rings (SSSR count). The van der Waals surface area contributed by atoms with Crippen LogP contribution in [0.2, 0.25) is 0 Å². The molecule has 101 valence electrons. The Labute approximate surface area is 101 Å². The van der Waals surface area contributed by atoms with Gasteiger partial charge < -0.3 is 14.7 Å². The first-order valence-electron chi connectivity index (χ1n) is 5.63. The second kappa shape index (κ2) is 6.80. The normalized spacial score (nSPS) is 24.1. The van der Waals surface area contributed by atoms with E-state index in [9.17, 15) is 9.67 Å². The quantitative estimate of drug-likeness (QED) is 0.632. The number of phosphoric acid groups is 1. The molecular weight excluding hydrogens is 247 g/mol. The van der Waals surface area contributed by atoms with E-state index >= 15 is 0 Å². The molecule has 8 heteroatoms. The second-order valence-electron chi connectivity index (χ2n) is 4.28. The molecule has 17 heavy (non-hydrogen) atoms. The van der Waals surface area contributed by atoms with Gasteiger partial charge in [0, 0.05) is 32.2 Å². The minimum absolute atomic E-state index is 0.00858. The van der Waals surface area contributed by atoms with Crippen LogP contribution in [-0.4, -0.2) is 72.1 Å². The largest absolute Gasteiger partial charge is 0.469 e. The van der Waals surface area contributed by atoms with Crippen LogP contribution in [0.5, 0.6) is 0 Å². The van der Waals surface area contributed by atoms with Gasteiger partial charge in [0.2, 0.25) is 0 Å². The lowest BCUT2D eigenvalue weighted by Gasteiger charge is -2.39. The Hall–Kier alpha value is -0.0100. The molecule has 0 aliphatic carbocycles. The molecule has 0 amide bonds. The number of hydrogen-bond donors (Lipinski definition) is 2. The van der Waals surface area contributed by atoms with Crippen LogP contribution in [-0.2, 0) is 14.2 Å². The Morgan fingerprint density at radius 2 is 2.12 bits per heavy atom. The average Bonchev–Trinajstić information content (AvgIpc) is 2.25. The molecule has 1 aliphatic heterocycles. The van der Waals surface area contributed by atoms with E-state index in [1.165, 1.54) is 0 Å². The molecule has 1 unspecified atom stereocenters. The fourth-order valence-electron chi connectivity index (χ4n) is 1.86. The summed E-state index contributed by atoms with van der Waals surface area (Å²) in [6.07, 6.45) is 0.607. The lowest BCUT2D eigenvalue weighted by atomic mass is 10.2. The highest BCUT2D eigenvalue weighted by atomic mass is 31.2. The third kappa shape index (κ3) is 5.92. The minimum atomic E-state index is -4.39. The zero-order chi connectivity index (χ0) is 12.9. The predicted octanol–water partition coefficient (Wildman–Crippen LogP) is -0.468. The molecule has 0 aromatic carbocycles. The van der Waals surface area contributed by atoms with E-state index in [0.717, 1.165) is 19.6 Å². The fraction of sp³-hybridized carbons (Fsp3) is 1.00. The molecule has 0 aromatic heterocycles. The highest BCUT2D eigenvalue weighted by molar-refractivity contribution is 7.46. The monoisotopic (exact) mass is 267 g/mol. The van der Waals surface area contributed by atoms with Gasteiger partial charge in [0.15, 0.2) is 0 Å². The first-order valence-corrected chi connectivity index (χ1v) is 7.16. The SMILES string of the molecule is CN1CCN(CCC[O])CC1COP(=O)(O)O. The van der Waals surface area contributed by atoms with Crippen molar-refractivity contribution in [2.24, 2.45) is 0 Å². The van der Waals surface area contributed by atoms with Gasteiger partial charge in [-0.15, -0.1) is 0 Å². The maximum Gasteiger partial charge on any atom is 0.469 e. The maximum absolute atomic E-state index is 10.6. The van der Waals surface area contributed by atoms with E-state index in [0.29, 0.717) is 13.0 Å². The van der Waals surface area contributed by atoms with E-state index in [2.05, 4.69) is 9.42 Å². The van der Waals surface area contributed by atoms with E-state index in [1.807, 2.05) is 11.9 Å². The first kappa shape index (κ1) is 15.0. The van der Waals surface area contributed by atoms with Crippen molar-refractivity contribution in [1.29, 1.82) is 0 Å². The van der Waals surface area contributed by atoms with Gasteiger partial charge in [-0.2, -0.15) is 0 Å². The molecule has 0 aromatic rings. The summed E-state index contributed by atoms with van der Waals surface area (Å²) in [5.74, 6) is 0. The highest BCUT2D eigenvalue weighted by Gasteiger charge is 2.26. The topological polar surface area (TPSA) is 93.1 Å². The smallest absolute Gasteiger partial charge is 0.303 e. The van der Waals surface area contributed by atoms with Crippen LogP contribution in [0.25, 0.3) is 0 Å². The van der Waals surface area contributed by atoms with Gasteiger partial charge in [-0.25, -0.2) is 9.67 Å². The minimum Gasteiger partial charge on any atom is -0.303 e. The van der Waals surface area contributed by atoms with Crippen molar-refractivity contribution in [2.75, 3.05) is 46.4 Å². The molecule has 0 bridgehead atoms. The molecule has 2 N–H and O–H groups in total. The summed E-state index contributed by atoms with van der Waals surface area (Å²) in [4.78, 5) is 21.5. The zero-order valence-electron chi connectivity index (χ0n) is 9.99. The Bertz CT molecular complexity index is 270. The fourth-order valence-corrected chi connectivity index (χ4v) is 2.23. The van der Waals surface area contributed by atoms with Crippen LogP contribution in [0.1, 0.15) is 6.42 Å². The van der Waals surface area contributed by atoms with Gasteiger partial charge in [-0.1, -0.05) is 0 Å². The van der Waals surface area contributed by atoms with Crippen molar-refractivity contribution in [3.63, 3.8) is 0 Å². The van der Waals surface area contributed by atoms with Gasteiger partial charge in [-0.05, 0) is 13.5 Å². The summed E-state index contributed by atoms with van der Waals surface area (Å²) in [6, 6.07) is -0.0389. The van der Waals surface area contributed by atoms with Crippen molar-refractivity contribution < 1.29 is 24.0 Å². The number of phosphoric ester groups is 1. The van der Waals surface area contributed by atoms with Crippen molar-refractivity contribution in [2.45, 2.75) is 12.5 Å². The number of likely N-dealkylation sites (N-methyl/N-ethyl adjacent to an activating group) is 1.